The van der Waals surface area contributed by atoms with Crippen LogP contribution in [0.2, 0.25) is 5.02 Å². The molecule has 0 aliphatic carbocycles. The Morgan fingerprint density at radius 1 is 1.10 bits per heavy atom. The molecule has 0 saturated heterocycles. The lowest BCUT2D eigenvalue weighted by molar-refractivity contribution is -0.112. The standard InChI is InChI=1S/C24H27ClN2O3/c1-3-5-6-7-14-30-23-13-8-20(25)16-18(23)15-19(17-26)24(28)27-21-9-11-22(12-10-21)29-4-2/h8-13,15-16H,3-7,14H2,1-2H3,(H,27,28)/b19-15+. The number of nitrogens with one attached hydrogen (secondary N) is 1. The number of anilines is 1. The summed E-state index contributed by atoms with van der Waals surface area (Å²) in [5.41, 5.74) is 1.13. The highest BCUT2D eigenvalue weighted by molar-refractivity contribution is 6.30. The van der Waals surface area contributed by atoms with Crippen molar-refractivity contribution in [1.29, 1.82) is 5.26 Å². The van der Waals surface area contributed by atoms with Crippen LogP contribution < -0.4 is 14.8 Å². The van der Waals surface area contributed by atoms with Gasteiger partial charge >= 0.3 is 0 Å². The number of nitrogens with zero attached hydrogens (tertiary/aromatic N) is 1. The maximum absolute atomic E-state index is 12.6. The molecule has 0 heterocycles. The van der Waals surface area contributed by atoms with E-state index in [-0.39, 0.29) is 5.57 Å². The third kappa shape index (κ3) is 7.46. The normalized spacial score (nSPS) is 10.9. The molecule has 158 valence electrons. The Morgan fingerprint density at radius 3 is 2.53 bits per heavy atom. The van der Waals surface area contributed by atoms with E-state index in [1.807, 2.05) is 13.0 Å². The minimum absolute atomic E-state index is 0.0398. The number of carbonyl (C=O) groups excluding carboxylic acids is 1. The van der Waals surface area contributed by atoms with Gasteiger partial charge in [-0.1, -0.05) is 37.8 Å². The second kappa shape index (κ2) is 12.6. The fraction of sp³-hybridized carbons (Fsp3) is 0.333. The average molecular weight is 427 g/mol. The van der Waals surface area contributed by atoms with E-state index in [4.69, 9.17) is 21.1 Å². The lowest BCUT2D eigenvalue weighted by Crippen LogP contribution is -2.13. The summed E-state index contributed by atoms with van der Waals surface area (Å²) in [5, 5.41) is 12.7. The molecule has 6 heteroatoms. The van der Waals surface area contributed by atoms with Crippen LogP contribution >= 0.6 is 11.6 Å². The zero-order valence-corrected chi connectivity index (χ0v) is 18.2. The Kier molecular flexibility index (Phi) is 9.76. The number of rotatable bonds is 11. The second-order valence-corrected chi connectivity index (χ2v) is 7.11. The highest BCUT2D eigenvalue weighted by Gasteiger charge is 2.12. The van der Waals surface area contributed by atoms with Gasteiger partial charge < -0.3 is 14.8 Å². The summed E-state index contributed by atoms with van der Waals surface area (Å²) in [6.07, 6.45) is 5.87. The Balaban J connectivity index is 2.12. The van der Waals surface area contributed by atoms with Gasteiger partial charge in [0.2, 0.25) is 0 Å². The van der Waals surface area contributed by atoms with Gasteiger partial charge in [-0.3, -0.25) is 4.79 Å². The summed E-state index contributed by atoms with van der Waals surface area (Å²) in [6.45, 7) is 5.20. The van der Waals surface area contributed by atoms with Crippen molar-refractivity contribution < 1.29 is 14.3 Å². The highest BCUT2D eigenvalue weighted by atomic mass is 35.5. The number of amides is 1. The first-order valence-corrected chi connectivity index (χ1v) is 10.5. The first kappa shape index (κ1) is 23.3. The average Bonchev–Trinajstić information content (AvgIpc) is 2.74. The van der Waals surface area contributed by atoms with Crippen molar-refractivity contribution in [2.45, 2.75) is 39.5 Å². The molecule has 0 radical (unpaired) electrons. The third-order valence-corrected chi connectivity index (χ3v) is 4.55. The van der Waals surface area contributed by atoms with E-state index in [1.54, 1.807) is 42.5 Å². The maximum Gasteiger partial charge on any atom is 0.266 e. The van der Waals surface area contributed by atoms with E-state index >= 15 is 0 Å². The van der Waals surface area contributed by atoms with Crippen LogP contribution in [0, 0.1) is 11.3 Å². The van der Waals surface area contributed by atoms with E-state index in [0.717, 1.165) is 19.3 Å². The molecular weight excluding hydrogens is 400 g/mol. The number of ether oxygens (including phenoxy) is 2. The summed E-state index contributed by atoms with van der Waals surface area (Å²) in [6, 6.07) is 14.1. The predicted octanol–water partition coefficient (Wildman–Crippen LogP) is 6.24. The third-order valence-electron chi connectivity index (χ3n) is 4.32. The molecule has 0 fully saturated rings. The number of unbranched alkanes of at least 4 members (excludes halogenated alkanes) is 3. The zero-order chi connectivity index (χ0) is 21.8. The molecule has 0 unspecified atom stereocenters. The molecule has 30 heavy (non-hydrogen) atoms. The lowest BCUT2D eigenvalue weighted by Gasteiger charge is -2.11. The van der Waals surface area contributed by atoms with E-state index < -0.39 is 5.91 Å². The lowest BCUT2D eigenvalue weighted by atomic mass is 10.1. The molecule has 0 aromatic heterocycles. The molecule has 5 nitrogen and oxygen atoms in total. The molecule has 1 N–H and O–H groups in total. The fourth-order valence-corrected chi connectivity index (χ4v) is 2.96. The smallest absolute Gasteiger partial charge is 0.266 e. The fourth-order valence-electron chi connectivity index (χ4n) is 2.78. The summed E-state index contributed by atoms with van der Waals surface area (Å²) in [5.74, 6) is 0.805. The molecule has 2 rings (SSSR count). The van der Waals surface area contributed by atoms with Crippen LogP contribution in [-0.4, -0.2) is 19.1 Å². The molecule has 1 amide bonds. The van der Waals surface area contributed by atoms with Crippen LogP contribution in [0.25, 0.3) is 6.08 Å². The second-order valence-electron chi connectivity index (χ2n) is 6.67. The predicted molar refractivity (Wildman–Crippen MR) is 121 cm³/mol. The number of halogens is 1. The van der Waals surface area contributed by atoms with Crippen LogP contribution in [0.4, 0.5) is 5.69 Å². The number of hydrogen-bond acceptors (Lipinski definition) is 4. The van der Waals surface area contributed by atoms with Gasteiger partial charge in [-0.05, 0) is 61.9 Å². The Labute approximate surface area is 183 Å². The quantitative estimate of drug-likeness (QED) is 0.262. The topological polar surface area (TPSA) is 71.3 Å². The summed E-state index contributed by atoms with van der Waals surface area (Å²) < 4.78 is 11.2. The van der Waals surface area contributed by atoms with Crippen molar-refractivity contribution in [1.82, 2.24) is 0 Å². The van der Waals surface area contributed by atoms with Crippen molar-refractivity contribution >= 4 is 29.3 Å². The summed E-state index contributed by atoms with van der Waals surface area (Å²) in [4.78, 5) is 12.6. The van der Waals surface area contributed by atoms with Crippen LogP contribution in [0.5, 0.6) is 11.5 Å². The largest absolute Gasteiger partial charge is 0.494 e. The van der Waals surface area contributed by atoms with Crippen molar-refractivity contribution in [3.63, 3.8) is 0 Å². The number of hydrogen-bond donors (Lipinski definition) is 1. The first-order chi connectivity index (χ1) is 14.6. The molecule has 0 bridgehead atoms. The molecule has 2 aromatic rings. The van der Waals surface area contributed by atoms with Gasteiger partial charge in [0.05, 0.1) is 13.2 Å². The van der Waals surface area contributed by atoms with E-state index in [1.165, 1.54) is 12.5 Å². The van der Waals surface area contributed by atoms with Gasteiger partial charge in [-0.15, -0.1) is 0 Å². The zero-order valence-electron chi connectivity index (χ0n) is 17.4. The first-order valence-electron chi connectivity index (χ1n) is 10.2. The van der Waals surface area contributed by atoms with E-state index in [9.17, 15) is 10.1 Å². The van der Waals surface area contributed by atoms with Gasteiger partial charge in [-0.25, -0.2) is 0 Å². The minimum Gasteiger partial charge on any atom is -0.494 e. The van der Waals surface area contributed by atoms with Crippen molar-refractivity contribution in [3.8, 4) is 17.6 Å². The molecule has 0 aliphatic rings. The molecule has 0 saturated carbocycles. The molecular formula is C24H27ClN2O3. The number of nitriles is 1. The van der Waals surface area contributed by atoms with Crippen LogP contribution in [-0.2, 0) is 4.79 Å². The summed E-state index contributed by atoms with van der Waals surface area (Å²) in [7, 11) is 0. The van der Waals surface area contributed by atoms with E-state index in [0.29, 0.717) is 41.0 Å². The molecule has 0 atom stereocenters. The van der Waals surface area contributed by atoms with Crippen molar-refractivity contribution in [2.24, 2.45) is 0 Å². The maximum atomic E-state index is 12.6. The van der Waals surface area contributed by atoms with Crippen molar-refractivity contribution in [2.75, 3.05) is 18.5 Å². The summed E-state index contributed by atoms with van der Waals surface area (Å²) >= 11 is 6.12. The Morgan fingerprint density at radius 2 is 1.87 bits per heavy atom. The monoisotopic (exact) mass is 426 g/mol. The van der Waals surface area contributed by atoms with Crippen molar-refractivity contribution in [3.05, 3.63) is 58.6 Å². The SMILES string of the molecule is CCCCCCOc1ccc(Cl)cc1/C=C(\C#N)C(=O)Nc1ccc(OCC)cc1. The molecule has 0 aliphatic heterocycles. The Bertz CT molecular complexity index is 902. The molecule has 0 spiro atoms. The van der Waals surface area contributed by atoms with Crippen LogP contribution in [0.15, 0.2) is 48.0 Å². The minimum atomic E-state index is -0.504. The van der Waals surface area contributed by atoms with Gasteiger partial charge in [0.1, 0.15) is 23.1 Å². The van der Waals surface area contributed by atoms with Crippen LogP contribution in [0.1, 0.15) is 45.1 Å². The van der Waals surface area contributed by atoms with Gasteiger partial charge in [-0.2, -0.15) is 5.26 Å². The van der Waals surface area contributed by atoms with Crippen LogP contribution in [0.3, 0.4) is 0 Å². The van der Waals surface area contributed by atoms with Gasteiger partial charge in [0.25, 0.3) is 5.91 Å². The molecule has 2 aromatic carbocycles. The Hall–Kier alpha value is -2.97. The number of benzene rings is 2. The van der Waals surface area contributed by atoms with Gasteiger partial charge in [0, 0.05) is 16.3 Å². The highest BCUT2D eigenvalue weighted by Crippen LogP contribution is 2.26. The number of carbonyl (C=O) groups is 1. The van der Waals surface area contributed by atoms with Gasteiger partial charge in [0.15, 0.2) is 0 Å². The van der Waals surface area contributed by atoms with E-state index in [2.05, 4.69) is 12.2 Å².